The normalized spacial score (nSPS) is 16.3. The van der Waals surface area contributed by atoms with Crippen LogP contribution in [0, 0.1) is 0 Å². The minimum Gasteiger partial charge on any atom is -0.497 e. The first-order valence-corrected chi connectivity index (χ1v) is 6.61. The van der Waals surface area contributed by atoms with Crippen LogP contribution >= 0.6 is 0 Å². The van der Waals surface area contributed by atoms with Gasteiger partial charge in [-0.2, -0.15) is 0 Å². The van der Waals surface area contributed by atoms with E-state index in [1.165, 1.54) is 5.56 Å². The highest BCUT2D eigenvalue weighted by Crippen LogP contribution is 2.18. The summed E-state index contributed by atoms with van der Waals surface area (Å²) in [6.45, 7) is 5.18. The molecule has 0 unspecified atom stereocenters. The summed E-state index contributed by atoms with van der Waals surface area (Å²) in [6.07, 6.45) is 0. The number of ether oxygens (including phenoxy) is 1. The lowest BCUT2D eigenvalue weighted by molar-refractivity contribution is 0.217. The molecule has 0 spiro atoms. The van der Waals surface area contributed by atoms with Crippen LogP contribution in [0.15, 0.2) is 24.3 Å². The van der Waals surface area contributed by atoms with E-state index in [0.717, 1.165) is 31.9 Å². The van der Waals surface area contributed by atoms with Crippen LogP contribution < -0.4 is 15.4 Å². The second kappa shape index (κ2) is 6.43. The van der Waals surface area contributed by atoms with Crippen LogP contribution in [0.3, 0.4) is 0 Å². The van der Waals surface area contributed by atoms with Crippen molar-refractivity contribution >= 4 is 6.03 Å². The molecule has 1 saturated heterocycles. The smallest absolute Gasteiger partial charge is 0.317 e. The van der Waals surface area contributed by atoms with Crippen LogP contribution in [-0.2, 0) is 0 Å². The summed E-state index contributed by atoms with van der Waals surface area (Å²) in [5, 5.41) is 6.22. The molecule has 5 nitrogen and oxygen atoms in total. The molecule has 0 radical (unpaired) electrons. The number of urea groups is 1. The molecule has 2 rings (SSSR count). The van der Waals surface area contributed by atoms with Gasteiger partial charge in [-0.3, -0.25) is 0 Å². The van der Waals surface area contributed by atoms with Gasteiger partial charge in [0.25, 0.3) is 0 Å². The second-order valence-corrected chi connectivity index (χ2v) is 4.67. The van der Waals surface area contributed by atoms with E-state index >= 15 is 0 Å². The summed E-state index contributed by atoms with van der Waals surface area (Å²) >= 11 is 0. The van der Waals surface area contributed by atoms with E-state index in [0.29, 0.717) is 0 Å². The first-order valence-electron chi connectivity index (χ1n) is 6.61. The highest BCUT2D eigenvalue weighted by molar-refractivity contribution is 5.76. The number of amides is 2. The summed E-state index contributed by atoms with van der Waals surface area (Å²) in [5.74, 6) is 0.866. The van der Waals surface area contributed by atoms with Gasteiger partial charge in [0.05, 0.1) is 7.11 Å². The number of carbonyl (C=O) groups is 1. The molecule has 1 fully saturated rings. The summed E-state index contributed by atoms with van der Waals surface area (Å²) in [5.41, 5.74) is 1.19. The van der Waals surface area contributed by atoms with Gasteiger partial charge in [-0.25, -0.2) is 4.79 Å². The Morgan fingerprint density at radius 2 is 2.37 bits per heavy atom. The maximum absolute atomic E-state index is 11.4. The predicted molar refractivity (Wildman–Crippen MR) is 74.4 cm³/mol. The number of carbonyl (C=O) groups excluding carboxylic acids is 1. The Kier molecular flexibility index (Phi) is 4.63. The molecule has 104 valence electrons. The Balaban J connectivity index is 1.80. The lowest BCUT2D eigenvalue weighted by atomic mass is 10.1. The van der Waals surface area contributed by atoms with Crippen molar-refractivity contribution in [2.24, 2.45) is 0 Å². The van der Waals surface area contributed by atoms with E-state index in [2.05, 4.69) is 23.6 Å². The summed E-state index contributed by atoms with van der Waals surface area (Å²) < 4.78 is 5.22. The fraction of sp³-hybridized carbons (Fsp3) is 0.500. The Morgan fingerprint density at radius 3 is 3.05 bits per heavy atom. The van der Waals surface area contributed by atoms with Crippen molar-refractivity contribution in [2.45, 2.75) is 13.0 Å². The van der Waals surface area contributed by atoms with Crippen molar-refractivity contribution in [3.05, 3.63) is 29.8 Å². The van der Waals surface area contributed by atoms with Crippen molar-refractivity contribution < 1.29 is 9.53 Å². The predicted octanol–water partition coefficient (Wildman–Crippen LogP) is 1.37. The zero-order valence-electron chi connectivity index (χ0n) is 11.5. The molecule has 2 amide bonds. The topological polar surface area (TPSA) is 53.6 Å². The lowest BCUT2D eigenvalue weighted by Crippen LogP contribution is -2.35. The standard InChI is InChI=1S/C14H21N3O2/c1-11(12-4-3-5-13(10-12)19-2)15-6-8-17-9-7-16-14(17)18/h3-5,10-11,15H,6-9H2,1-2H3,(H,16,18)/t11-/m0/s1. The maximum atomic E-state index is 11.4. The number of hydrogen-bond acceptors (Lipinski definition) is 3. The minimum atomic E-state index is 0.0378. The first kappa shape index (κ1) is 13.7. The van der Waals surface area contributed by atoms with Crippen LogP contribution in [0.5, 0.6) is 5.75 Å². The van der Waals surface area contributed by atoms with Gasteiger partial charge in [0.1, 0.15) is 5.75 Å². The molecule has 2 N–H and O–H groups in total. The third kappa shape index (κ3) is 3.61. The first-order chi connectivity index (χ1) is 9.20. The van der Waals surface area contributed by atoms with Gasteiger partial charge in [-0.15, -0.1) is 0 Å². The van der Waals surface area contributed by atoms with Gasteiger partial charge in [0.2, 0.25) is 0 Å². The molecular formula is C14H21N3O2. The fourth-order valence-corrected chi connectivity index (χ4v) is 2.17. The average Bonchev–Trinajstić information content (AvgIpc) is 2.84. The van der Waals surface area contributed by atoms with Crippen molar-refractivity contribution in [3.8, 4) is 5.75 Å². The minimum absolute atomic E-state index is 0.0378. The fourth-order valence-electron chi connectivity index (χ4n) is 2.17. The van der Waals surface area contributed by atoms with Gasteiger partial charge in [0, 0.05) is 32.2 Å². The van der Waals surface area contributed by atoms with Gasteiger partial charge < -0.3 is 20.3 Å². The van der Waals surface area contributed by atoms with E-state index in [-0.39, 0.29) is 12.1 Å². The summed E-state index contributed by atoms with van der Waals surface area (Å²) in [6, 6.07) is 8.30. The van der Waals surface area contributed by atoms with Crippen LogP contribution in [-0.4, -0.2) is 44.2 Å². The molecule has 0 aromatic heterocycles. The maximum Gasteiger partial charge on any atom is 0.317 e. The number of methoxy groups -OCH3 is 1. The van der Waals surface area contributed by atoms with Crippen molar-refractivity contribution in [3.63, 3.8) is 0 Å². The van der Waals surface area contributed by atoms with E-state index in [4.69, 9.17) is 4.74 Å². The van der Waals surface area contributed by atoms with Crippen LogP contribution in [0.1, 0.15) is 18.5 Å². The number of hydrogen-bond donors (Lipinski definition) is 2. The third-order valence-corrected chi connectivity index (χ3v) is 3.37. The van der Waals surface area contributed by atoms with Crippen molar-refractivity contribution in [2.75, 3.05) is 33.3 Å². The molecule has 19 heavy (non-hydrogen) atoms. The quantitative estimate of drug-likeness (QED) is 0.815. The van der Waals surface area contributed by atoms with Crippen molar-refractivity contribution in [1.82, 2.24) is 15.5 Å². The Hall–Kier alpha value is -1.75. The van der Waals surface area contributed by atoms with E-state index in [9.17, 15) is 4.79 Å². The average molecular weight is 263 g/mol. The third-order valence-electron chi connectivity index (χ3n) is 3.37. The Morgan fingerprint density at radius 1 is 1.53 bits per heavy atom. The second-order valence-electron chi connectivity index (χ2n) is 4.67. The summed E-state index contributed by atoms with van der Waals surface area (Å²) in [4.78, 5) is 13.2. The van der Waals surface area contributed by atoms with Crippen molar-refractivity contribution in [1.29, 1.82) is 0 Å². The molecule has 1 aliphatic heterocycles. The monoisotopic (exact) mass is 263 g/mol. The Bertz CT molecular complexity index is 436. The molecule has 1 atom stereocenters. The number of rotatable bonds is 6. The van der Waals surface area contributed by atoms with E-state index in [1.807, 2.05) is 23.1 Å². The molecule has 1 heterocycles. The number of benzene rings is 1. The molecule has 0 aliphatic carbocycles. The Labute approximate surface area is 113 Å². The number of nitrogens with one attached hydrogen (secondary N) is 2. The van der Waals surface area contributed by atoms with Gasteiger partial charge in [-0.1, -0.05) is 12.1 Å². The molecular weight excluding hydrogens is 242 g/mol. The highest BCUT2D eigenvalue weighted by Gasteiger charge is 2.18. The lowest BCUT2D eigenvalue weighted by Gasteiger charge is -2.18. The molecule has 0 bridgehead atoms. The van der Waals surface area contributed by atoms with Crippen LogP contribution in [0.25, 0.3) is 0 Å². The van der Waals surface area contributed by atoms with E-state index in [1.54, 1.807) is 7.11 Å². The molecule has 5 heteroatoms. The van der Waals surface area contributed by atoms with Crippen LogP contribution in [0.2, 0.25) is 0 Å². The summed E-state index contributed by atoms with van der Waals surface area (Å²) in [7, 11) is 1.67. The van der Waals surface area contributed by atoms with Gasteiger partial charge in [-0.05, 0) is 24.6 Å². The molecule has 1 aromatic rings. The largest absolute Gasteiger partial charge is 0.497 e. The highest BCUT2D eigenvalue weighted by atomic mass is 16.5. The van der Waals surface area contributed by atoms with Gasteiger partial charge in [0.15, 0.2) is 0 Å². The van der Waals surface area contributed by atoms with Gasteiger partial charge >= 0.3 is 6.03 Å². The SMILES string of the molecule is COc1cccc([C@H](C)NCCN2CCNC2=O)c1. The zero-order valence-corrected chi connectivity index (χ0v) is 11.5. The van der Waals surface area contributed by atoms with E-state index < -0.39 is 0 Å². The number of nitrogens with zero attached hydrogens (tertiary/aromatic N) is 1. The zero-order chi connectivity index (χ0) is 13.7. The molecule has 0 saturated carbocycles. The van der Waals surface area contributed by atoms with Crippen LogP contribution in [0.4, 0.5) is 4.79 Å². The molecule has 1 aromatic carbocycles. The molecule has 1 aliphatic rings.